The van der Waals surface area contributed by atoms with Crippen LogP contribution in [0.1, 0.15) is 26.7 Å². The van der Waals surface area contributed by atoms with Crippen LogP contribution in [0.25, 0.3) is 0 Å². The van der Waals surface area contributed by atoms with Crippen LogP contribution < -0.4 is 0 Å². The highest BCUT2D eigenvalue weighted by atomic mass is 16.5. The highest BCUT2D eigenvalue weighted by Gasteiger charge is 2.12. The van der Waals surface area contributed by atoms with Gasteiger partial charge in [0.05, 0.1) is 0 Å². The largest absolute Gasteiger partial charge is 0.371 e. The van der Waals surface area contributed by atoms with Crippen molar-refractivity contribution in [1.82, 2.24) is 0 Å². The second-order valence-corrected chi connectivity index (χ2v) is 1.69. The molecule has 0 saturated carbocycles. The number of ether oxygens (including phenoxy) is 1. The molecule has 1 heterocycles. The van der Waals surface area contributed by atoms with Crippen molar-refractivity contribution in [3.8, 4) is 0 Å². The molecule has 0 spiro atoms. The zero-order valence-electron chi connectivity index (χ0n) is 6.09. The van der Waals surface area contributed by atoms with E-state index in [1.165, 1.54) is 0 Å². The van der Waals surface area contributed by atoms with E-state index in [1.54, 1.807) is 0 Å². The number of aldehydes is 1. The lowest BCUT2D eigenvalue weighted by molar-refractivity contribution is -0.115. The van der Waals surface area contributed by atoms with Crippen LogP contribution in [0, 0.1) is 0 Å². The average Bonchev–Trinajstić information content (AvgIpc) is 2.43. The fourth-order valence-corrected chi connectivity index (χ4v) is 0.710. The molecule has 54 valence electrons. The quantitative estimate of drug-likeness (QED) is 0.501. The summed E-state index contributed by atoms with van der Waals surface area (Å²) in [6, 6.07) is 0. The maximum Gasteiger partial charge on any atom is 0.148 e. The van der Waals surface area contributed by atoms with Crippen molar-refractivity contribution in [1.29, 1.82) is 0 Å². The number of carbonyl (C=O) groups is 1. The van der Waals surface area contributed by atoms with E-state index < -0.39 is 0 Å². The number of carbonyl (C=O) groups excluding carboxylic acids is 1. The molecule has 0 amide bonds. The molecule has 0 aromatic carbocycles. The molecule has 1 aliphatic rings. The van der Waals surface area contributed by atoms with Crippen LogP contribution in [0.5, 0.6) is 0 Å². The van der Waals surface area contributed by atoms with Gasteiger partial charge in [-0.15, -0.1) is 0 Å². The molecule has 1 atom stereocenters. The van der Waals surface area contributed by atoms with Gasteiger partial charge in [0.1, 0.15) is 12.4 Å². The molecule has 1 saturated heterocycles. The summed E-state index contributed by atoms with van der Waals surface area (Å²) in [5.74, 6) is 0. The summed E-state index contributed by atoms with van der Waals surface area (Å²) in [6.07, 6.45) is 2.75. The number of hydrogen-bond donors (Lipinski definition) is 0. The summed E-state index contributed by atoms with van der Waals surface area (Å²) in [7, 11) is 0. The summed E-state index contributed by atoms with van der Waals surface area (Å²) in [4.78, 5) is 9.88. The van der Waals surface area contributed by atoms with Gasteiger partial charge < -0.3 is 9.53 Å². The molecular formula is C7H14O2. The first-order valence-electron chi connectivity index (χ1n) is 3.50. The Morgan fingerprint density at radius 2 is 2.22 bits per heavy atom. The molecule has 0 aromatic heterocycles. The maximum absolute atomic E-state index is 9.88. The first-order chi connectivity index (χ1) is 4.43. The lowest BCUT2D eigenvalue weighted by Crippen LogP contribution is -2.04. The number of hydrogen-bond acceptors (Lipinski definition) is 2. The fraction of sp³-hybridized carbons (Fsp3) is 0.857. The van der Waals surface area contributed by atoms with Crippen LogP contribution >= 0.6 is 0 Å². The fourth-order valence-electron chi connectivity index (χ4n) is 0.710. The van der Waals surface area contributed by atoms with Gasteiger partial charge in [0, 0.05) is 6.61 Å². The third-order valence-corrected chi connectivity index (χ3v) is 1.12. The Morgan fingerprint density at radius 3 is 2.44 bits per heavy atom. The SMILES string of the molecule is CC.O=CC1CCCO1. The molecule has 1 aliphatic heterocycles. The van der Waals surface area contributed by atoms with Gasteiger partial charge in [-0.25, -0.2) is 0 Å². The Morgan fingerprint density at radius 1 is 1.56 bits per heavy atom. The zero-order chi connectivity index (χ0) is 7.11. The van der Waals surface area contributed by atoms with E-state index in [4.69, 9.17) is 4.74 Å². The smallest absolute Gasteiger partial charge is 0.148 e. The minimum absolute atomic E-state index is 0.0833. The van der Waals surface area contributed by atoms with Crippen LogP contribution in [0.2, 0.25) is 0 Å². The molecule has 1 unspecified atom stereocenters. The first kappa shape index (κ1) is 8.63. The minimum Gasteiger partial charge on any atom is -0.371 e. The third-order valence-electron chi connectivity index (χ3n) is 1.12. The monoisotopic (exact) mass is 130 g/mol. The standard InChI is InChI=1S/C5H8O2.C2H6/c6-4-5-2-1-3-7-5;1-2/h4-5H,1-3H2;1-2H3. The van der Waals surface area contributed by atoms with E-state index >= 15 is 0 Å². The van der Waals surface area contributed by atoms with Crippen molar-refractivity contribution in [2.75, 3.05) is 6.61 Å². The Balaban J connectivity index is 0.000000291. The Hall–Kier alpha value is -0.370. The molecule has 1 rings (SSSR count). The van der Waals surface area contributed by atoms with Crippen LogP contribution in [0.4, 0.5) is 0 Å². The molecule has 9 heavy (non-hydrogen) atoms. The van der Waals surface area contributed by atoms with Crippen LogP contribution in [0.3, 0.4) is 0 Å². The van der Waals surface area contributed by atoms with E-state index in [9.17, 15) is 4.79 Å². The van der Waals surface area contributed by atoms with Gasteiger partial charge in [0.25, 0.3) is 0 Å². The van der Waals surface area contributed by atoms with Gasteiger partial charge in [-0.3, -0.25) is 0 Å². The zero-order valence-corrected chi connectivity index (χ0v) is 6.09. The predicted molar refractivity (Wildman–Crippen MR) is 36.4 cm³/mol. The predicted octanol–water partition coefficient (Wildman–Crippen LogP) is 1.39. The van der Waals surface area contributed by atoms with E-state index in [0.29, 0.717) is 0 Å². The summed E-state index contributed by atoms with van der Waals surface area (Å²) in [5.41, 5.74) is 0. The van der Waals surface area contributed by atoms with Gasteiger partial charge in [0.15, 0.2) is 0 Å². The van der Waals surface area contributed by atoms with Crippen LogP contribution in [-0.4, -0.2) is 19.0 Å². The Labute approximate surface area is 56.2 Å². The maximum atomic E-state index is 9.88. The topological polar surface area (TPSA) is 26.3 Å². The summed E-state index contributed by atoms with van der Waals surface area (Å²) < 4.78 is 4.93. The highest BCUT2D eigenvalue weighted by Crippen LogP contribution is 2.08. The molecule has 2 nitrogen and oxygen atoms in total. The van der Waals surface area contributed by atoms with Crippen molar-refractivity contribution in [2.24, 2.45) is 0 Å². The molecule has 2 heteroatoms. The molecule has 1 fully saturated rings. The van der Waals surface area contributed by atoms with Crippen LogP contribution in [0.15, 0.2) is 0 Å². The van der Waals surface area contributed by atoms with E-state index in [2.05, 4.69) is 0 Å². The van der Waals surface area contributed by atoms with Crippen molar-refractivity contribution in [3.05, 3.63) is 0 Å². The molecule has 0 bridgehead atoms. The van der Waals surface area contributed by atoms with Crippen molar-refractivity contribution < 1.29 is 9.53 Å². The van der Waals surface area contributed by atoms with Crippen LogP contribution in [-0.2, 0) is 9.53 Å². The molecule has 0 aromatic rings. The lowest BCUT2D eigenvalue weighted by atomic mass is 10.3. The third kappa shape index (κ3) is 3.25. The van der Waals surface area contributed by atoms with E-state index in [-0.39, 0.29) is 6.10 Å². The molecule has 0 aliphatic carbocycles. The second-order valence-electron chi connectivity index (χ2n) is 1.69. The summed E-state index contributed by atoms with van der Waals surface area (Å²) >= 11 is 0. The normalized spacial score (nSPS) is 24.4. The Kier molecular flexibility index (Phi) is 5.52. The highest BCUT2D eigenvalue weighted by molar-refractivity contribution is 5.56. The molecule has 0 radical (unpaired) electrons. The van der Waals surface area contributed by atoms with Gasteiger partial charge in [-0.1, -0.05) is 13.8 Å². The minimum atomic E-state index is -0.0833. The van der Waals surface area contributed by atoms with Gasteiger partial charge in [0.2, 0.25) is 0 Å². The van der Waals surface area contributed by atoms with Crippen molar-refractivity contribution in [2.45, 2.75) is 32.8 Å². The van der Waals surface area contributed by atoms with Gasteiger partial charge in [-0.05, 0) is 12.8 Å². The summed E-state index contributed by atoms with van der Waals surface area (Å²) in [6.45, 7) is 4.77. The average molecular weight is 130 g/mol. The lowest BCUT2D eigenvalue weighted by Gasteiger charge is -1.93. The summed E-state index contributed by atoms with van der Waals surface area (Å²) in [5, 5.41) is 0. The van der Waals surface area contributed by atoms with Gasteiger partial charge in [-0.2, -0.15) is 0 Å². The Bertz CT molecular complexity index is 65.3. The van der Waals surface area contributed by atoms with Crippen molar-refractivity contribution in [3.63, 3.8) is 0 Å². The van der Waals surface area contributed by atoms with Crippen molar-refractivity contribution >= 4 is 6.29 Å². The molecule has 0 N–H and O–H groups in total. The second kappa shape index (κ2) is 5.76. The van der Waals surface area contributed by atoms with E-state index in [0.717, 1.165) is 25.7 Å². The van der Waals surface area contributed by atoms with Gasteiger partial charge >= 0.3 is 0 Å². The van der Waals surface area contributed by atoms with E-state index in [1.807, 2.05) is 13.8 Å². The first-order valence-corrected chi connectivity index (χ1v) is 3.50. The molecular weight excluding hydrogens is 116 g/mol. The number of rotatable bonds is 1.